The standard InChI is InChI=1S/C9H11F3N2O2/c10-9(11,12)7-4-6-14(13-7)5-2-1-3-8(15)16/h4,6H,1-3,5H2,(H,15,16). The highest BCUT2D eigenvalue weighted by Crippen LogP contribution is 2.27. The quantitative estimate of drug-likeness (QED) is 0.797. The van der Waals surface area contributed by atoms with E-state index in [1.165, 1.54) is 10.9 Å². The molecule has 1 aromatic rings. The molecule has 16 heavy (non-hydrogen) atoms. The van der Waals surface area contributed by atoms with E-state index in [4.69, 9.17) is 5.11 Å². The third-order valence-corrected chi connectivity index (χ3v) is 1.96. The molecule has 1 heterocycles. The largest absolute Gasteiger partial charge is 0.481 e. The molecule has 0 saturated carbocycles. The van der Waals surface area contributed by atoms with Crippen LogP contribution in [0.5, 0.6) is 0 Å². The fourth-order valence-electron chi connectivity index (χ4n) is 1.19. The maximum atomic E-state index is 12.1. The molecule has 0 spiro atoms. The number of hydrogen-bond donors (Lipinski definition) is 1. The van der Waals surface area contributed by atoms with Crippen molar-refractivity contribution in [1.82, 2.24) is 9.78 Å². The number of carbonyl (C=O) groups is 1. The van der Waals surface area contributed by atoms with Gasteiger partial charge in [-0.25, -0.2) is 0 Å². The molecule has 90 valence electrons. The van der Waals surface area contributed by atoms with Crippen molar-refractivity contribution < 1.29 is 23.1 Å². The Morgan fingerprint density at radius 2 is 2.12 bits per heavy atom. The Labute approximate surface area is 89.7 Å². The van der Waals surface area contributed by atoms with Crippen LogP contribution in [-0.2, 0) is 17.5 Å². The summed E-state index contributed by atoms with van der Waals surface area (Å²) in [5.74, 6) is -0.906. The van der Waals surface area contributed by atoms with Crippen LogP contribution in [0.1, 0.15) is 25.0 Å². The Balaban J connectivity index is 2.38. The number of nitrogens with zero attached hydrogens (tertiary/aromatic N) is 2. The predicted molar refractivity (Wildman–Crippen MR) is 48.7 cm³/mol. The van der Waals surface area contributed by atoms with Gasteiger partial charge in [-0.05, 0) is 18.9 Å². The van der Waals surface area contributed by atoms with Gasteiger partial charge in [0.25, 0.3) is 0 Å². The molecule has 0 fully saturated rings. The van der Waals surface area contributed by atoms with Crippen molar-refractivity contribution in [2.24, 2.45) is 0 Å². The zero-order chi connectivity index (χ0) is 12.2. The van der Waals surface area contributed by atoms with Crippen LogP contribution < -0.4 is 0 Å². The first kappa shape index (κ1) is 12.5. The number of alkyl halides is 3. The van der Waals surface area contributed by atoms with Gasteiger partial charge in [0.2, 0.25) is 0 Å². The van der Waals surface area contributed by atoms with Crippen molar-refractivity contribution in [2.45, 2.75) is 32.0 Å². The monoisotopic (exact) mass is 236 g/mol. The highest BCUT2D eigenvalue weighted by Gasteiger charge is 2.33. The summed E-state index contributed by atoms with van der Waals surface area (Å²) in [4.78, 5) is 10.2. The lowest BCUT2D eigenvalue weighted by atomic mass is 10.2. The second kappa shape index (κ2) is 5.00. The lowest BCUT2D eigenvalue weighted by Crippen LogP contribution is -2.08. The third-order valence-electron chi connectivity index (χ3n) is 1.96. The van der Waals surface area contributed by atoms with Gasteiger partial charge in [0.05, 0.1) is 0 Å². The van der Waals surface area contributed by atoms with Gasteiger partial charge in [-0.1, -0.05) is 0 Å². The number of aromatic nitrogens is 2. The minimum absolute atomic E-state index is 0.0212. The number of aliphatic carboxylic acids is 1. The van der Waals surface area contributed by atoms with Crippen LogP contribution >= 0.6 is 0 Å². The summed E-state index contributed by atoms with van der Waals surface area (Å²) in [6.45, 7) is 0.295. The van der Waals surface area contributed by atoms with E-state index >= 15 is 0 Å². The maximum absolute atomic E-state index is 12.1. The summed E-state index contributed by atoms with van der Waals surface area (Å²) in [6.07, 6.45) is -2.24. The molecule has 0 radical (unpaired) electrons. The summed E-state index contributed by atoms with van der Waals surface area (Å²) in [7, 11) is 0. The van der Waals surface area contributed by atoms with E-state index in [2.05, 4.69) is 5.10 Å². The molecule has 0 aliphatic heterocycles. The molecule has 0 saturated heterocycles. The van der Waals surface area contributed by atoms with E-state index in [1.54, 1.807) is 0 Å². The number of halogens is 3. The topological polar surface area (TPSA) is 55.1 Å². The van der Waals surface area contributed by atoms with Gasteiger partial charge in [-0.2, -0.15) is 18.3 Å². The number of carboxylic acid groups (broad SMARTS) is 1. The van der Waals surface area contributed by atoms with Crippen molar-refractivity contribution in [3.8, 4) is 0 Å². The summed E-state index contributed by atoms with van der Waals surface area (Å²) in [5, 5.41) is 11.7. The first-order chi connectivity index (χ1) is 7.39. The smallest absolute Gasteiger partial charge is 0.435 e. The molecular formula is C9H11F3N2O2. The van der Waals surface area contributed by atoms with Gasteiger partial charge >= 0.3 is 12.1 Å². The molecule has 0 atom stereocenters. The second-order valence-corrected chi connectivity index (χ2v) is 3.31. The first-order valence-corrected chi connectivity index (χ1v) is 4.72. The maximum Gasteiger partial charge on any atom is 0.435 e. The van der Waals surface area contributed by atoms with Crippen LogP contribution in [0.2, 0.25) is 0 Å². The number of rotatable bonds is 5. The Kier molecular flexibility index (Phi) is 3.92. The van der Waals surface area contributed by atoms with Crippen molar-refractivity contribution in [3.05, 3.63) is 18.0 Å². The zero-order valence-corrected chi connectivity index (χ0v) is 8.37. The molecule has 1 rings (SSSR count). The second-order valence-electron chi connectivity index (χ2n) is 3.31. The average Bonchev–Trinajstić information content (AvgIpc) is 2.59. The van der Waals surface area contributed by atoms with Gasteiger partial charge in [0, 0.05) is 19.2 Å². The Hall–Kier alpha value is -1.53. The molecule has 0 bridgehead atoms. The van der Waals surface area contributed by atoms with E-state index in [9.17, 15) is 18.0 Å². The summed E-state index contributed by atoms with van der Waals surface area (Å²) >= 11 is 0. The fourth-order valence-corrected chi connectivity index (χ4v) is 1.19. The average molecular weight is 236 g/mol. The van der Waals surface area contributed by atoms with Crippen molar-refractivity contribution in [1.29, 1.82) is 0 Å². The molecule has 1 aromatic heterocycles. The molecule has 4 nitrogen and oxygen atoms in total. The van der Waals surface area contributed by atoms with Gasteiger partial charge < -0.3 is 5.11 Å². The van der Waals surface area contributed by atoms with E-state index < -0.39 is 17.8 Å². The van der Waals surface area contributed by atoms with Crippen LogP contribution in [0.25, 0.3) is 0 Å². The van der Waals surface area contributed by atoms with Gasteiger partial charge in [0.15, 0.2) is 5.69 Å². The van der Waals surface area contributed by atoms with Crippen LogP contribution in [0.3, 0.4) is 0 Å². The van der Waals surface area contributed by atoms with Crippen molar-refractivity contribution >= 4 is 5.97 Å². The van der Waals surface area contributed by atoms with E-state index in [0.29, 0.717) is 19.4 Å². The van der Waals surface area contributed by atoms with Crippen molar-refractivity contribution in [3.63, 3.8) is 0 Å². The highest BCUT2D eigenvalue weighted by molar-refractivity contribution is 5.66. The van der Waals surface area contributed by atoms with Gasteiger partial charge in [-0.3, -0.25) is 9.48 Å². The lowest BCUT2D eigenvalue weighted by molar-refractivity contribution is -0.141. The Morgan fingerprint density at radius 3 is 2.62 bits per heavy atom. The third kappa shape index (κ3) is 3.92. The van der Waals surface area contributed by atoms with E-state index in [-0.39, 0.29) is 6.42 Å². The number of hydrogen-bond acceptors (Lipinski definition) is 2. The molecule has 0 aromatic carbocycles. The van der Waals surface area contributed by atoms with Gasteiger partial charge in [-0.15, -0.1) is 0 Å². The summed E-state index contributed by atoms with van der Waals surface area (Å²) in [6, 6.07) is 0.900. The predicted octanol–water partition coefficient (Wildman–Crippen LogP) is 2.16. The number of carboxylic acids is 1. The SMILES string of the molecule is O=C(O)CCCCn1ccc(C(F)(F)F)n1. The summed E-state index contributed by atoms with van der Waals surface area (Å²) < 4.78 is 37.6. The molecule has 0 amide bonds. The normalized spacial score (nSPS) is 11.7. The van der Waals surface area contributed by atoms with Crippen LogP contribution in [0.15, 0.2) is 12.3 Å². The first-order valence-electron chi connectivity index (χ1n) is 4.72. The van der Waals surface area contributed by atoms with Crippen LogP contribution in [0.4, 0.5) is 13.2 Å². The van der Waals surface area contributed by atoms with Crippen LogP contribution in [0, 0.1) is 0 Å². The molecular weight excluding hydrogens is 225 g/mol. The Morgan fingerprint density at radius 1 is 1.44 bits per heavy atom. The summed E-state index contributed by atoms with van der Waals surface area (Å²) in [5.41, 5.74) is -0.925. The molecule has 7 heteroatoms. The van der Waals surface area contributed by atoms with Gasteiger partial charge in [0.1, 0.15) is 0 Å². The fraction of sp³-hybridized carbons (Fsp3) is 0.556. The molecule has 0 unspecified atom stereocenters. The number of unbranched alkanes of at least 4 members (excludes halogenated alkanes) is 1. The van der Waals surface area contributed by atoms with Crippen LogP contribution in [-0.4, -0.2) is 20.9 Å². The lowest BCUT2D eigenvalue weighted by Gasteiger charge is -2.02. The highest BCUT2D eigenvalue weighted by atomic mass is 19.4. The zero-order valence-electron chi connectivity index (χ0n) is 8.37. The minimum Gasteiger partial charge on any atom is -0.481 e. The Bertz CT molecular complexity index is 360. The van der Waals surface area contributed by atoms with Crippen molar-refractivity contribution in [2.75, 3.05) is 0 Å². The van der Waals surface area contributed by atoms with E-state index in [1.807, 2.05) is 0 Å². The number of aryl methyl sites for hydroxylation is 1. The molecule has 0 aliphatic rings. The van der Waals surface area contributed by atoms with E-state index in [0.717, 1.165) is 6.07 Å². The minimum atomic E-state index is -4.42. The molecule has 0 aliphatic carbocycles. The molecule has 1 N–H and O–H groups in total.